The summed E-state index contributed by atoms with van der Waals surface area (Å²) in [5.74, 6) is -0.479. The highest BCUT2D eigenvalue weighted by molar-refractivity contribution is 6.01. The topological polar surface area (TPSA) is 91.9 Å². The summed E-state index contributed by atoms with van der Waals surface area (Å²) >= 11 is 0. The predicted molar refractivity (Wildman–Crippen MR) is 91.0 cm³/mol. The first-order chi connectivity index (χ1) is 11.4. The van der Waals surface area contributed by atoms with Crippen molar-refractivity contribution in [1.82, 2.24) is 5.43 Å². The highest BCUT2D eigenvalue weighted by Gasteiger charge is 2.16. The van der Waals surface area contributed by atoms with E-state index in [-0.39, 0.29) is 28.8 Å². The van der Waals surface area contributed by atoms with Crippen molar-refractivity contribution in [2.75, 3.05) is 0 Å². The Morgan fingerprint density at radius 2 is 2.00 bits per heavy atom. The van der Waals surface area contributed by atoms with Crippen molar-refractivity contribution in [2.45, 2.75) is 27.2 Å². The maximum Gasteiger partial charge on any atom is 0.348 e. The predicted octanol–water partition coefficient (Wildman–Crippen LogP) is 2.37. The highest BCUT2D eigenvalue weighted by Crippen LogP contribution is 2.15. The fourth-order valence-electron chi connectivity index (χ4n) is 2.29. The van der Waals surface area contributed by atoms with Crippen LogP contribution in [0.4, 0.5) is 0 Å². The molecule has 2 rings (SSSR count). The molecule has 0 aliphatic rings. The molecule has 1 aromatic carbocycles. The quantitative estimate of drug-likeness (QED) is 0.651. The minimum atomic E-state index is -0.694. The van der Waals surface area contributed by atoms with Gasteiger partial charge in [-0.25, -0.2) is 10.2 Å². The van der Waals surface area contributed by atoms with Crippen molar-refractivity contribution in [3.63, 3.8) is 0 Å². The van der Waals surface area contributed by atoms with Crippen molar-refractivity contribution in [3.8, 4) is 5.75 Å². The Kier molecular flexibility index (Phi) is 5.52. The molecule has 0 spiro atoms. The lowest BCUT2D eigenvalue weighted by Crippen LogP contribution is -2.28. The molecule has 0 saturated heterocycles. The molecule has 1 amide bonds. The molecule has 1 heterocycles. The van der Waals surface area contributed by atoms with Gasteiger partial charge in [-0.15, -0.1) is 0 Å². The van der Waals surface area contributed by atoms with E-state index in [9.17, 15) is 14.7 Å². The molecule has 0 fully saturated rings. The van der Waals surface area contributed by atoms with Gasteiger partial charge < -0.3 is 9.52 Å². The van der Waals surface area contributed by atoms with Crippen LogP contribution in [-0.2, 0) is 11.2 Å². The molecule has 0 saturated carbocycles. The summed E-state index contributed by atoms with van der Waals surface area (Å²) < 4.78 is 4.93. The van der Waals surface area contributed by atoms with E-state index in [1.165, 1.54) is 13.0 Å². The normalized spacial score (nSPS) is 12.7. The third-order valence-corrected chi connectivity index (χ3v) is 3.58. The molecule has 6 nitrogen and oxygen atoms in total. The zero-order valence-corrected chi connectivity index (χ0v) is 13.9. The average molecular weight is 328 g/mol. The molecule has 2 N–H and O–H groups in total. The second kappa shape index (κ2) is 7.59. The monoisotopic (exact) mass is 328 g/mol. The summed E-state index contributed by atoms with van der Waals surface area (Å²) in [7, 11) is 0. The zero-order chi connectivity index (χ0) is 17.7. The van der Waals surface area contributed by atoms with Gasteiger partial charge in [0.1, 0.15) is 17.1 Å². The maximum absolute atomic E-state index is 12.1. The fraction of sp³-hybridized carbons (Fsp3) is 0.278. The SMILES string of the molecule is CC(=NNC(=O)[C@@H](C)Cc1ccccc1)c1c(O)cc(C)oc1=O. The van der Waals surface area contributed by atoms with Crippen LogP contribution in [0.5, 0.6) is 5.75 Å². The van der Waals surface area contributed by atoms with E-state index in [1.807, 2.05) is 30.3 Å². The van der Waals surface area contributed by atoms with E-state index >= 15 is 0 Å². The van der Waals surface area contributed by atoms with Gasteiger partial charge in [-0.05, 0) is 25.8 Å². The molecular formula is C18H20N2O4. The minimum absolute atomic E-state index is 0.0587. The van der Waals surface area contributed by atoms with Gasteiger partial charge >= 0.3 is 5.63 Å². The largest absolute Gasteiger partial charge is 0.507 e. The van der Waals surface area contributed by atoms with Gasteiger partial charge in [0, 0.05) is 12.0 Å². The Labute approximate surface area is 139 Å². The first-order valence-electron chi connectivity index (χ1n) is 7.60. The van der Waals surface area contributed by atoms with Crippen molar-refractivity contribution in [3.05, 3.63) is 63.7 Å². The van der Waals surface area contributed by atoms with E-state index in [4.69, 9.17) is 4.42 Å². The molecule has 0 aliphatic carbocycles. The minimum Gasteiger partial charge on any atom is -0.507 e. The van der Waals surface area contributed by atoms with E-state index in [0.717, 1.165) is 5.56 Å². The number of hydrogen-bond donors (Lipinski definition) is 2. The number of benzene rings is 1. The average Bonchev–Trinajstić information content (AvgIpc) is 2.52. The molecule has 1 atom stereocenters. The lowest BCUT2D eigenvalue weighted by molar-refractivity contribution is -0.124. The van der Waals surface area contributed by atoms with Crippen LogP contribution in [0, 0.1) is 12.8 Å². The molecule has 24 heavy (non-hydrogen) atoms. The fourth-order valence-corrected chi connectivity index (χ4v) is 2.29. The number of nitrogens with one attached hydrogen (secondary N) is 1. The van der Waals surface area contributed by atoms with Crippen LogP contribution in [0.1, 0.15) is 30.7 Å². The molecule has 0 radical (unpaired) electrons. The van der Waals surface area contributed by atoms with Crippen molar-refractivity contribution < 1.29 is 14.3 Å². The van der Waals surface area contributed by atoms with Gasteiger partial charge in [0.15, 0.2) is 0 Å². The summed E-state index contributed by atoms with van der Waals surface area (Å²) in [5.41, 5.74) is 2.91. The number of nitrogens with zero attached hydrogens (tertiary/aromatic N) is 1. The van der Waals surface area contributed by atoms with Crippen LogP contribution >= 0.6 is 0 Å². The molecular weight excluding hydrogens is 308 g/mol. The van der Waals surface area contributed by atoms with Gasteiger partial charge in [0.2, 0.25) is 5.91 Å². The molecule has 126 valence electrons. The van der Waals surface area contributed by atoms with Crippen molar-refractivity contribution in [2.24, 2.45) is 11.0 Å². The Morgan fingerprint density at radius 1 is 1.33 bits per heavy atom. The van der Waals surface area contributed by atoms with Crippen molar-refractivity contribution in [1.29, 1.82) is 0 Å². The summed E-state index contributed by atoms with van der Waals surface area (Å²) in [6, 6.07) is 11.0. The van der Waals surface area contributed by atoms with Gasteiger partial charge in [-0.2, -0.15) is 5.10 Å². The molecule has 0 aliphatic heterocycles. The number of aryl methyl sites for hydroxylation is 1. The summed E-state index contributed by atoms with van der Waals surface area (Å²) in [6.45, 7) is 4.87. The third kappa shape index (κ3) is 4.32. The van der Waals surface area contributed by atoms with Crippen molar-refractivity contribution >= 4 is 11.6 Å². The third-order valence-electron chi connectivity index (χ3n) is 3.58. The second-order valence-electron chi connectivity index (χ2n) is 5.67. The summed E-state index contributed by atoms with van der Waals surface area (Å²) in [6.07, 6.45) is 0.583. The maximum atomic E-state index is 12.1. The first-order valence-corrected chi connectivity index (χ1v) is 7.60. The first kappa shape index (κ1) is 17.5. The van der Waals surface area contributed by atoms with Gasteiger partial charge in [0.25, 0.3) is 0 Å². The number of hydrogen-bond acceptors (Lipinski definition) is 5. The highest BCUT2D eigenvalue weighted by atomic mass is 16.4. The molecule has 0 bridgehead atoms. The van der Waals surface area contributed by atoms with Gasteiger partial charge in [-0.1, -0.05) is 37.3 Å². The smallest absolute Gasteiger partial charge is 0.348 e. The molecule has 0 unspecified atom stereocenters. The van der Waals surface area contributed by atoms with Crippen LogP contribution in [0.2, 0.25) is 0 Å². The van der Waals surface area contributed by atoms with E-state index < -0.39 is 5.63 Å². The van der Waals surface area contributed by atoms with E-state index in [0.29, 0.717) is 12.2 Å². The lowest BCUT2D eigenvalue weighted by Gasteiger charge is -2.10. The Balaban J connectivity index is 2.07. The molecule has 2 aromatic rings. The van der Waals surface area contributed by atoms with Crippen LogP contribution in [0.25, 0.3) is 0 Å². The van der Waals surface area contributed by atoms with E-state index in [1.54, 1.807) is 13.8 Å². The Morgan fingerprint density at radius 3 is 2.62 bits per heavy atom. The number of hydrazone groups is 1. The Bertz CT molecular complexity index is 810. The van der Waals surface area contributed by atoms with Crippen LogP contribution in [-0.4, -0.2) is 16.7 Å². The Hall–Kier alpha value is -2.89. The van der Waals surface area contributed by atoms with Crippen LogP contribution < -0.4 is 11.1 Å². The standard InChI is InChI=1S/C18H20N2O4/c1-11(9-14-7-5-4-6-8-14)17(22)20-19-13(3)16-15(21)10-12(2)24-18(16)23/h4-8,10-11,21H,9H2,1-3H3,(H,20,22)/t11-/m0/s1. The number of carbonyl (C=O) groups is 1. The summed E-state index contributed by atoms with van der Waals surface area (Å²) in [5, 5.41) is 13.8. The van der Waals surface area contributed by atoms with Crippen LogP contribution in [0.3, 0.4) is 0 Å². The van der Waals surface area contributed by atoms with Gasteiger partial charge in [-0.3, -0.25) is 4.79 Å². The van der Waals surface area contributed by atoms with E-state index in [2.05, 4.69) is 10.5 Å². The van der Waals surface area contributed by atoms with Gasteiger partial charge in [0.05, 0.1) is 5.71 Å². The molecule has 6 heteroatoms. The second-order valence-corrected chi connectivity index (χ2v) is 5.67. The number of amides is 1. The van der Waals surface area contributed by atoms with Crippen LogP contribution in [0.15, 0.2) is 50.7 Å². The number of rotatable bonds is 5. The number of aromatic hydroxyl groups is 1. The number of carbonyl (C=O) groups excluding carboxylic acids is 1. The molecule has 1 aromatic heterocycles. The zero-order valence-electron chi connectivity index (χ0n) is 13.9. The summed E-state index contributed by atoms with van der Waals surface area (Å²) in [4.78, 5) is 23.9. The lowest BCUT2D eigenvalue weighted by atomic mass is 10.0.